The lowest BCUT2D eigenvalue weighted by Gasteiger charge is -2.20. The minimum absolute atomic E-state index is 0.0625. The molecule has 0 aliphatic heterocycles. The lowest BCUT2D eigenvalue weighted by Crippen LogP contribution is -2.37. The number of aliphatic carboxylic acids is 1. The van der Waals surface area contributed by atoms with Gasteiger partial charge in [0.05, 0.1) is 10.8 Å². The number of carbonyl (C=O) groups is 2. The number of alkyl carbamates (subject to hydrolysis) is 1. The smallest absolute Gasteiger partial charge is 0.407 e. The van der Waals surface area contributed by atoms with Crippen LogP contribution >= 0.6 is 0 Å². The fraction of sp³-hybridized carbons (Fsp3) is 0.467. The summed E-state index contributed by atoms with van der Waals surface area (Å²) in [7, 11) is 0. The molecule has 1 aromatic rings. The second-order valence-electron chi connectivity index (χ2n) is 6.05. The fourth-order valence-corrected chi connectivity index (χ4v) is 1.81. The highest BCUT2D eigenvalue weighted by atomic mass is 16.6. The molecule has 1 amide bonds. The maximum atomic E-state index is 11.6. The van der Waals surface area contributed by atoms with Crippen molar-refractivity contribution in [2.45, 2.75) is 32.8 Å². The van der Waals surface area contributed by atoms with Crippen molar-refractivity contribution in [3.8, 4) is 0 Å². The molecule has 1 atom stereocenters. The maximum Gasteiger partial charge on any atom is 0.407 e. The molecule has 0 saturated heterocycles. The number of rotatable bonds is 6. The monoisotopic (exact) mass is 324 g/mol. The Hall–Kier alpha value is -2.64. The third kappa shape index (κ3) is 6.77. The van der Waals surface area contributed by atoms with Gasteiger partial charge in [-0.1, -0.05) is 12.1 Å². The van der Waals surface area contributed by atoms with Crippen LogP contribution < -0.4 is 5.32 Å². The van der Waals surface area contributed by atoms with E-state index in [1.54, 1.807) is 20.8 Å². The van der Waals surface area contributed by atoms with E-state index in [1.807, 2.05) is 0 Å². The molecule has 23 heavy (non-hydrogen) atoms. The number of hydrogen-bond acceptors (Lipinski definition) is 5. The van der Waals surface area contributed by atoms with Crippen LogP contribution in [0.3, 0.4) is 0 Å². The van der Waals surface area contributed by atoms with Crippen molar-refractivity contribution in [3.05, 3.63) is 39.9 Å². The Kier molecular flexibility index (Phi) is 6.06. The molecule has 126 valence electrons. The summed E-state index contributed by atoms with van der Waals surface area (Å²) in [6.07, 6.45) is -0.546. The molecule has 0 bridgehead atoms. The number of carbonyl (C=O) groups excluding carboxylic acids is 1. The molecule has 0 aromatic heterocycles. The summed E-state index contributed by atoms with van der Waals surface area (Å²) in [5, 5.41) is 22.2. The fourth-order valence-electron chi connectivity index (χ4n) is 1.81. The van der Waals surface area contributed by atoms with Crippen LogP contribution in [0.5, 0.6) is 0 Å². The minimum Gasteiger partial charge on any atom is -0.481 e. The van der Waals surface area contributed by atoms with Gasteiger partial charge >= 0.3 is 12.1 Å². The first kappa shape index (κ1) is 18.4. The van der Waals surface area contributed by atoms with Crippen LogP contribution in [0.1, 0.15) is 26.3 Å². The first-order valence-electron chi connectivity index (χ1n) is 7.01. The number of carboxylic acids is 1. The van der Waals surface area contributed by atoms with Crippen LogP contribution in [0, 0.1) is 16.0 Å². The molecule has 0 aliphatic carbocycles. The van der Waals surface area contributed by atoms with Crippen molar-refractivity contribution in [1.82, 2.24) is 5.32 Å². The number of amides is 1. The highest BCUT2D eigenvalue weighted by Gasteiger charge is 2.22. The average Bonchev–Trinajstić information content (AvgIpc) is 2.41. The van der Waals surface area contributed by atoms with Crippen molar-refractivity contribution < 1.29 is 24.4 Å². The number of carboxylic acid groups (broad SMARTS) is 1. The van der Waals surface area contributed by atoms with Gasteiger partial charge in [-0.25, -0.2) is 4.79 Å². The van der Waals surface area contributed by atoms with Gasteiger partial charge in [0, 0.05) is 18.7 Å². The van der Waals surface area contributed by atoms with Crippen LogP contribution in [0.4, 0.5) is 10.5 Å². The third-order valence-electron chi connectivity index (χ3n) is 2.87. The molecule has 0 spiro atoms. The van der Waals surface area contributed by atoms with Crippen LogP contribution in [0.25, 0.3) is 0 Å². The molecule has 0 radical (unpaired) electrons. The molecule has 2 N–H and O–H groups in total. The van der Waals surface area contributed by atoms with E-state index in [2.05, 4.69) is 5.32 Å². The number of non-ortho nitro benzene ring substituents is 1. The largest absolute Gasteiger partial charge is 0.481 e. The number of ether oxygens (including phenoxy) is 1. The van der Waals surface area contributed by atoms with Crippen LogP contribution in [0.2, 0.25) is 0 Å². The van der Waals surface area contributed by atoms with Gasteiger partial charge in [-0.3, -0.25) is 14.9 Å². The Labute approximate surface area is 133 Å². The number of benzene rings is 1. The summed E-state index contributed by atoms with van der Waals surface area (Å²) in [5.41, 5.74) is -0.0947. The number of nitrogens with one attached hydrogen (secondary N) is 1. The maximum absolute atomic E-state index is 11.6. The Balaban J connectivity index is 2.63. The number of hydrogen-bond donors (Lipinski definition) is 2. The Morgan fingerprint density at radius 2 is 1.87 bits per heavy atom. The van der Waals surface area contributed by atoms with Gasteiger partial charge < -0.3 is 15.2 Å². The Morgan fingerprint density at radius 3 is 2.30 bits per heavy atom. The normalized spacial score (nSPS) is 12.3. The molecular weight excluding hydrogens is 304 g/mol. The van der Waals surface area contributed by atoms with Crippen molar-refractivity contribution in [2.75, 3.05) is 6.54 Å². The van der Waals surface area contributed by atoms with E-state index in [-0.39, 0.29) is 18.7 Å². The third-order valence-corrected chi connectivity index (χ3v) is 2.87. The zero-order valence-corrected chi connectivity index (χ0v) is 13.2. The van der Waals surface area contributed by atoms with Crippen LogP contribution in [0.15, 0.2) is 24.3 Å². The highest BCUT2D eigenvalue weighted by Crippen LogP contribution is 2.15. The predicted octanol–water partition coefficient (Wildman–Crippen LogP) is 2.36. The van der Waals surface area contributed by atoms with Gasteiger partial charge in [0.15, 0.2) is 0 Å². The van der Waals surface area contributed by atoms with Crippen LogP contribution in [-0.2, 0) is 16.0 Å². The molecule has 0 heterocycles. The zero-order valence-electron chi connectivity index (χ0n) is 13.2. The van der Waals surface area contributed by atoms with Crippen LogP contribution in [-0.4, -0.2) is 34.2 Å². The second kappa shape index (κ2) is 7.57. The van der Waals surface area contributed by atoms with Crippen molar-refractivity contribution >= 4 is 17.7 Å². The summed E-state index contributed by atoms with van der Waals surface area (Å²) in [6, 6.07) is 5.63. The summed E-state index contributed by atoms with van der Waals surface area (Å²) >= 11 is 0. The molecule has 0 unspecified atom stereocenters. The van der Waals surface area contributed by atoms with Crippen molar-refractivity contribution in [2.24, 2.45) is 5.92 Å². The topological polar surface area (TPSA) is 119 Å². The summed E-state index contributed by atoms with van der Waals surface area (Å²) in [6.45, 7) is 5.02. The number of nitrogens with zero attached hydrogens (tertiary/aromatic N) is 1. The minimum atomic E-state index is -1.07. The highest BCUT2D eigenvalue weighted by molar-refractivity contribution is 5.73. The number of nitro benzene ring substituents is 1. The van der Waals surface area contributed by atoms with E-state index in [4.69, 9.17) is 4.74 Å². The molecule has 8 heteroatoms. The Bertz CT molecular complexity index is 577. The first-order valence-corrected chi connectivity index (χ1v) is 7.01. The van der Waals surface area contributed by atoms with E-state index < -0.39 is 28.5 Å². The standard InChI is InChI=1S/C15H20N2O6/c1-15(2,3)23-14(20)16-9-11(13(18)19)8-10-4-6-12(7-5-10)17(21)22/h4-7,11H,8-9H2,1-3H3,(H,16,20)(H,18,19)/t11-/m1/s1. The van der Waals surface area contributed by atoms with Gasteiger partial charge in [-0.2, -0.15) is 0 Å². The first-order chi connectivity index (χ1) is 10.6. The summed E-state index contributed by atoms with van der Waals surface area (Å²) in [5.74, 6) is -1.93. The lowest BCUT2D eigenvalue weighted by molar-refractivity contribution is -0.384. The van der Waals surface area contributed by atoms with E-state index >= 15 is 0 Å². The molecule has 0 saturated carbocycles. The molecule has 8 nitrogen and oxygen atoms in total. The van der Waals surface area contributed by atoms with Gasteiger partial charge in [0.1, 0.15) is 5.60 Å². The van der Waals surface area contributed by atoms with Gasteiger partial charge in [-0.05, 0) is 32.8 Å². The van der Waals surface area contributed by atoms with E-state index in [0.29, 0.717) is 5.56 Å². The number of nitro groups is 1. The van der Waals surface area contributed by atoms with E-state index in [1.165, 1.54) is 24.3 Å². The lowest BCUT2D eigenvalue weighted by atomic mass is 9.99. The van der Waals surface area contributed by atoms with E-state index in [9.17, 15) is 24.8 Å². The molecule has 1 aromatic carbocycles. The molecular formula is C15H20N2O6. The molecule has 0 aliphatic rings. The predicted molar refractivity (Wildman–Crippen MR) is 82.2 cm³/mol. The summed E-state index contributed by atoms with van der Waals surface area (Å²) < 4.78 is 5.04. The molecule has 0 fully saturated rings. The van der Waals surface area contributed by atoms with Crippen molar-refractivity contribution in [3.63, 3.8) is 0 Å². The second-order valence-corrected chi connectivity index (χ2v) is 6.05. The Morgan fingerprint density at radius 1 is 1.30 bits per heavy atom. The SMILES string of the molecule is CC(C)(C)OC(=O)NC[C@@H](Cc1ccc([N+](=O)[O-])cc1)C(=O)O. The quantitative estimate of drug-likeness (QED) is 0.612. The van der Waals surface area contributed by atoms with Gasteiger partial charge in [0.25, 0.3) is 5.69 Å². The average molecular weight is 324 g/mol. The van der Waals surface area contributed by atoms with E-state index in [0.717, 1.165) is 0 Å². The van der Waals surface area contributed by atoms with Gasteiger partial charge in [-0.15, -0.1) is 0 Å². The molecule has 1 rings (SSSR count). The van der Waals surface area contributed by atoms with Gasteiger partial charge in [0.2, 0.25) is 0 Å². The van der Waals surface area contributed by atoms with Crippen molar-refractivity contribution in [1.29, 1.82) is 0 Å². The summed E-state index contributed by atoms with van der Waals surface area (Å²) in [4.78, 5) is 32.9. The zero-order chi connectivity index (χ0) is 17.6.